The zero-order valence-electron chi connectivity index (χ0n) is 7.40. The summed E-state index contributed by atoms with van der Waals surface area (Å²) in [5.74, 6) is -0.828. The fourth-order valence-electron chi connectivity index (χ4n) is 1.22. The first-order valence-corrected chi connectivity index (χ1v) is 4.02. The molecule has 1 amide bonds. The Morgan fingerprint density at radius 1 is 1.23 bits per heavy atom. The Hall–Kier alpha value is -1.42. The van der Waals surface area contributed by atoms with Gasteiger partial charge in [0.25, 0.3) is 0 Å². The van der Waals surface area contributed by atoms with E-state index in [-0.39, 0.29) is 12.3 Å². The van der Waals surface area contributed by atoms with Crippen molar-refractivity contribution in [3.8, 4) is 0 Å². The van der Waals surface area contributed by atoms with Gasteiger partial charge in [-0.25, -0.2) is 5.01 Å². The molecule has 0 saturated carbocycles. The molecule has 0 aromatic rings. The predicted octanol–water partition coefficient (Wildman–Crippen LogP) is -0.0133. The van der Waals surface area contributed by atoms with Gasteiger partial charge in [0.1, 0.15) is 0 Å². The van der Waals surface area contributed by atoms with Gasteiger partial charge in [0.05, 0.1) is 13.1 Å². The van der Waals surface area contributed by atoms with E-state index in [0.717, 1.165) is 0 Å². The van der Waals surface area contributed by atoms with Crippen LogP contribution in [-0.4, -0.2) is 41.3 Å². The van der Waals surface area contributed by atoms with Gasteiger partial charge < -0.3 is 0 Å². The molecule has 1 aliphatic rings. The summed E-state index contributed by atoms with van der Waals surface area (Å²) < 4.78 is 0. The van der Waals surface area contributed by atoms with Crippen LogP contribution < -0.4 is 0 Å². The second kappa shape index (κ2) is 4.00. The van der Waals surface area contributed by atoms with Crippen LogP contribution in [0.2, 0.25) is 0 Å². The zero-order chi connectivity index (χ0) is 9.84. The van der Waals surface area contributed by atoms with Gasteiger partial charge in [0, 0.05) is 6.54 Å². The predicted molar refractivity (Wildman–Crippen MR) is 48.7 cm³/mol. The lowest BCUT2D eigenvalue weighted by Crippen LogP contribution is -2.39. The van der Waals surface area contributed by atoms with E-state index in [2.05, 4.69) is 13.2 Å². The van der Waals surface area contributed by atoms with Gasteiger partial charge in [-0.15, -0.1) is 13.2 Å². The number of hydrogen-bond acceptors (Lipinski definition) is 3. The fourth-order valence-corrected chi connectivity index (χ4v) is 1.22. The molecule has 0 aromatic heterocycles. The lowest BCUT2D eigenvalue weighted by molar-refractivity contribution is -0.143. The first kappa shape index (κ1) is 9.67. The van der Waals surface area contributed by atoms with Crippen LogP contribution in [0.1, 0.15) is 0 Å². The van der Waals surface area contributed by atoms with E-state index in [4.69, 9.17) is 0 Å². The van der Waals surface area contributed by atoms with Crippen LogP contribution in [-0.2, 0) is 9.59 Å². The highest BCUT2D eigenvalue weighted by molar-refractivity contribution is 6.38. The SMILES string of the molecule is C=CCN1CC(=O)C(=O)N1CC=C. The highest BCUT2D eigenvalue weighted by atomic mass is 16.2. The Kier molecular flexibility index (Phi) is 2.97. The topological polar surface area (TPSA) is 40.6 Å². The van der Waals surface area contributed by atoms with E-state index in [1.165, 1.54) is 5.01 Å². The Morgan fingerprint density at radius 2 is 1.85 bits per heavy atom. The standard InChI is InChI=1S/C9H12N2O2/c1-3-5-10-7-8(12)9(13)11(10)6-4-2/h3-4H,1-2,5-7H2. The van der Waals surface area contributed by atoms with Crippen molar-refractivity contribution in [2.75, 3.05) is 19.6 Å². The lowest BCUT2D eigenvalue weighted by atomic mass is 10.4. The fraction of sp³-hybridized carbons (Fsp3) is 0.333. The summed E-state index contributed by atoms with van der Waals surface area (Å²) in [5, 5.41) is 3.04. The van der Waals surface area contributed by atoms with E-state index in [1.54, 1.807) is 17.2 Å². The number of hydrazine groups is 1. The minimum atomic E-state index is -0.457. The number of amides is 1. The molecule has 70 valence electrons. The summed E-state index contributed by atoms with van der Waals surface area (Å²) in [6.45, 7) is 8.10. The van der Waals surface area contributed by atoms with Gasteiger partial charge in [-0.05, 0) is 0 Å². The molecule has 1 rings (SSSR count). The van der Waals surface area contributed by atoms with Crippen molar-refractivity contribution < 1.29 is 9.59 Å². The molecule has 0 N–H and O–H groups in total. The number of rotatable bonds is 4. The van der Waals surface area contributed by atoms with E-state index >= 15 is 0 Å². The van der Waals surface area contributed by atoms with Crippen LogP contribution >= 0.6 is 0 Å². The van der Waals surface area contributed by atoms with Crippen LogP contribution in [0.25, 0.3) is 0 Å². The minimum Gasteiger partial charge on any atom is -0.287 e. The third-order valence-electron chi connectivity index (χ3n) is 1.78. The summed E-state index contributed by atoms with van der Waals surface area (Å²) in [7, 11) is 0. The maximum Gasteiger partial charge on any atom is 0.306 e. The van der Waals surface area contributed by atoms with Crippen LogP contribution in [0.4, 0.5) is 0 Å². The third-order valence-corrected chi connectivity index (χ3v) is 1.78. The van der Waals surface area contributed by atoms with Crippen molar-refractivity contribution in [2.24, 2.45) is 0 Å². The normalized spacial score (nSPS) is 18.0. The number of carbonyl (C=O) groups excluding carboxylic acids is 2. The number of hydrogen-bond donors (Lipinski definition) is 0. The Balaban J connectivity index is 2.73. The highest BCUT2D eigenvalue weighted by Crippen LogP contribution is 2.08. The maximum absolute atomic E-state index is 11.2. The first-order chi connectivity index (χ1) is 6.20. The van der Waals surface area contributed by atoms with Crippen molar-refractivity contribution in [3.05, 3.63) is 25.3 Å². The molecule has 0 unspecified atom stereocenters. The lowest BCUT2D eigenvalue weighted by Gasteiger charge is -2.24. The Morgan fingerprint density at radius 3 is 2.38 bits per heavy atom. The molecule has 1 fully saturated rings. The Bertz CT molecular complexity index is 260. The molecule has 1 aliphatic heterocycles. The highest BCUT2D eigenvalue weighted by Gasteiger charge is 2.34. The summed E-state index contributed by atoms with van der Waals surface area (Å²) >= 11 is 0. The average molecular weight is 180 g/mol. The van der Waals surface area contributed by atoms with Crippen molar-refractivity contribution in [3.63, 3.8) is 0 Å². The number of ketones is 1. The summed E-state index contributed by atoms with van der Waals surface area (Å²) in [5.41, 5.74) is 0. The van der Waals surface area contributed by atoms with Crippen LogP contribution in [0, 0.1) is 0 Å². The van der Waals surface area contributed by atoms with Crippen molar-refractivity contribution >= 4 is 11.7 Å². The van der Waals surface area contributed by atoms with Crippen LogP contribution in [0.5, 0.6) is 0 Å². The number of Topliss-reactive ketones (excluding diaryl/α,β-unsaturated/α-hetero) is 1. The first-order valence-electron chi connectivity index (χ1n) is 4.02. The largest absolute Gasteiger partial charge is 0.306 e. The smallest absolute Gasteiger partial charge is 0.287 e. The summed E-state index contributed by atoms with van der Waals surface area (Å²) in [4.78, 5) is 22.3. The van der Waals surface area contributed by atoms with Crippen LogP contribution in [0.3, 0.4) is 0 Å². The van der Waals surface area contributed by atoms with E-state index in [1.807, 2.05) is 0 Å². The second-order valence-electron chi connectivity index (χ2n) is 2.73. The molecule has 0 atom stereocenters. The van der Waals surface area contributed by atoms with Gasteiger partial charge in [0.2, 0.25) is 5.78 Å². The molecule has 0 spiro atoms. The maximum atomic E-state index is 11.2. The number of carbonyl (C=O) groups is 2. The molecule has 0 bridgehead atoms. The average Bonchev–Trinajstić information content (AvgIpc) is 2.34. The van der Waals surface area contributed by atoms with E-state index < -0.39 is 5.91 Å². The molecule has 4 nitrogen and oxygen atoms in total. The molecule has 4 heteroatoms. The van der Waals surface area contributed by atoms with Crippen molar-refractivity contribution in [1.29, 1.82) is 0 Å². The number of nitrogens with zero attached hydrogens (tertiary/aromatic N) is 2. The van der Waals surface area contributed by atoms with Crippen molar-refractivity contribution in [1.82, 2.24) is 10.0 Å². The van der Waals surface area contributed by atoms with Gasteiger partial charge in [-0.1, -0.05) is 12.2 Å². The monoisotopic (exact) mass is 180 g/mol. The zero-order valence-corrected chi connectivity index (χ0v) is 7.40. The van der Waals surface area contributed by atoms with Crippen molar-refractivity contribution in [2.45, 2.75) is 0 Å². The third kappa shape index (κ3) is 1.84. The summed E-state index contributed by atoms with van der Waals surface area (Å²) in [6.07, 6.45) is 3.24. The van der Waals surface area contributed by atoms with Gasteiger partial charge >= 0.3 is 5.91 Å². The van der Waals surface area contributed by atoms with Gasteiger partial charge in [-0.3, -0.25) is 14.6 Å². The van der Waals surface area contributed by atoms with Gasteiger partial charge in [-0.2, -0.15) is 0 Å². The molecule has 0 aliphatic carbocycles. The molecular weight excluding hydrogens is 168 g/mol. The molecule has 1 saturated heterocycles. The second-order valence-corrected chi connectivity index (χ2v) is 2.73. The molecule has 0 aromatic carbocycles. The molecular formula is C9H12N2O2. The van der Waals surface area contributed by atoms with E-state index in [0.29, 0.717) is 13.1 Å². The molecule has 1 heterocycles. The molecule has 0 radical (unpaired) electrons. The minimum absolute atomic E-state index is 0.151. The quantitative estimate of drug-likeness (QED) is 0.451. The van der Waals surface area contributed by atoms with Crippen LogP contribution in [0.15, 0.2) is 25.3 Å². The van der Waals surface area contributed by atoms with E-state index in [9.17, 15) is 9.59 Å². The molecule has 13 heavy (non-hydrogen) atoms. The van der Waals surface area contributed by atoms with Gasteiger partial charge in [0.15, 0.2) is 0 Å². The summed E-state index contributed by atoms with van der Waals surface area (Å²) in [6, 6.07) is 0. The Labute approximate surface area is 77.1 Å².